The van der Waals surface area contributed by atoms with Crippen LogP contribution in [-0.4, -0.2) is 24.0 Å². The standard InChI is InChI=1S/C14H18FN3OS/c15-10-2-1-3-11(13(10)14(17)20)18-6-4-9(5-7-18)8-12(16)19/h1-3,9H,4-8H2,(H2,16,19)(H2,17,20). The molecule has 1 aliphatic heterocycles. The van der Waals surface area contributed by atoms with Gasteiger partial charge in [0.1, 0.15) is 10.8 Å². The number of nitrogens with two attached hydrogens (primary N) is 2. The zero-order chi connectivity index (χ0) is 14.7. The number of thiocarbonyl (C=S) groups is 1. The molecule has 4 N–H and O–H groups in total. The van der Waals surface area contributed by atoms with E-state index in [1.165, 1.54) is 6.07 Å². The van der Waals surface area contributed by atoms with Gasteiger partial charge in [-0.3, -0.25) is 4.79 Å². The van der Waals surface area contributed by atoms with E-state index < -0.39 is 5.82 Å². The van der Waals surface area contributed by atoms with Crippen molar-refractivity contribution in [2.45, 2.75) is 19.3 Å². The average Bonchev–Trinajstić information content (AvgIpc) is 2.38. The number of amides is 1. The number of anilines is 1. The molecule has 0 aromatic heterocycles. The Morgan fingerprint density at radius 2 is 2.00 bits per heavy atom. The number of piperidine rings is 1. The smallest absolute Gasteiger partial charge is 0.217 e. The monoisotopic (exact) mass is 295 g/mol. The topological polar surface area (TPSA) is 72.4 Å². The maximum absolute atomic E-state index is 13.8. The Bertz CT molecular complexity index is 527. The summed E-state index contributed by atoms with van der Waals surface area (Å²) in [6.07, 6.45) is 2.13. The van der Waals surface area contributed by atoms with Crippen LogP contribution >= 0.6 is 12.2 Å². The van der Waals surface area contributed by atoms with Crippen molar-refractivity contribution < 1.29 is 9.18 Å². The third-order valence-corrected chi connectivity index (χ3v) is 3.89. The lowest BCUT2D eigenvalue weighted by atomic mass is 9.92. The fraction of sp³-hybridized carbons (Fsp3) is 0.429. The van der Waals surface area contributed by atoms with Gasteiger partial charge in [-0.25, -0.2) is 4.39 Å². The lowest BCUT2D eigenvalue weighted by Crippen LogP contribution is -2.36. The zero-order valence-corrected chi connectivity index (χ0v) is 12.0. The van der Waals surface area contributed by atoms with E-state index in [0.717, 1.165) is 31.6 Å². The minimum Gasteiger partial charge on any atom is -0.389 e. The Balaban J connectivity index is 2.13. The summed E-state index contributed by atoms with van der Waals surface area (Å²) in [6.45, 7) is 1.49. The van der Waals surface area contributed by atoms with Crippen molar-refractivity contribution in [3.8, 4) is 0 Å². The van der Waals surface area contributed by atoms with E-state index >= 15 is 0 Å². The lowest BCUT2D eigenvalue weighted by Gasteiger charge is -2.34. The summed E-state index contributed by atoms with van der Waals surface area (Å²) in [5.74, 6) is -0.349. The molecule has 108 valence electrons. The van der Waals surface area contributed by atoms with Gasteiger partial charge in [0.15, 0.2) is 0 Å². The van der Waals surface area contributed by atoms with Gasteiger partial charge in [0.25, 0.3) is 0 Å². The lowest BCUT2D eigenvalue weighted by molar-refractivity contribution is -0.119. The molecule has 2 rings (SSSR count). The van der Waals surface area contributed by atoms with Crippen LogP contribution in [0.1, 0.15) is 24.8 Å². The van der Waals surface area contributed by atoms with Crippen molar-refractivity contribution in [2.75, 3.05) is 18.0 Å². The van der Waals surface area contributed by atoms with E-state index in [2.05, 4.69) is 4.90 Å². The molecule has 1 aromatic carbocycles. The number of hydrogen-bond donors (Lipinski definition) is 2. The molecule has 0 aliphatic carbocycles. The van der Waals surface area contributed by atoms with Crippen LogP contribution in [0.15, 0.2) is 18.2 Å². The van der Waals surface area contributed by atoms with Gasteiger partial charge in [-0.15, -0.1) is 0 Å². The molecule has 0 saturated carbocycles. The highest BCUT2D eigenvalue weighted by Crippen LogP contribution is 2.29. The largest absolute Gasteiger partial charge is 0.389 e. The summed E-state index contributed by atoms with van der Waals surface area (Å²) in [7, 11) is 0. The van der Waals surface area contributed by atoms with Crippen molar-refractivity contribution in [3.05, 3.63) is 29.6 Å². The Kier molecular flexibility index (Phi) is 4.54. The Morgan fingerprint density at radius 3 is 2.55 bits per heavy atom. The molecule has 0 bridgehead atoms. The van der Waals surface area contributed by atoms with Crippen LogP contribution in [0.5, 0.6) is 0 Å². The minimum atomic E-state index is -0.394. The predicted octanol–water partition coefficient (Wildman–Crippen LogP) is 1.55. The van der Waals surface area contributed by atoms with Crippen LogP contribution < -0.4 is 16.4 Å². The number of hydrogen-bond acceptors (Lipinski definition) is 3. The zero-order valence-electron chi connectivity index (χ0n) is 11.1. The van der Waals surface area contributed by atoms with Crippen LogP contribution in [0, 0.1) is 11.7 Å². The number of primary amides is 1. The van der Waals surface area contributed by atoms with Gasteiger partial charge < -0.3 is 16.4 Å². The molecule has 1 fully saturated rings. The van der Waals surface area contributed by atoms with Crippen molar-refractivity contribution in [2.24, 2.45) is 17.4 Å². The van der Waals surface area contributed by atoms with Gasteiger partial charge in [-0.2, -0.15) is 0 Å². The van der Waals surface area contributed by atoms with E-state index in [0.29, 0.717) is 17.9 Å². The van der Waals surface area contributed by atoms with E-state index in [1.807, 2.05) is 6.07 Å². The molecule has 1 saturated heterocycles. The Morgan fingerprint density at radius 1 is 1.35 bits per heavy atom. The van der Waals surface area contributed by atoms with E-state index in [4.69, 9.17) is 23.7 Å². The number of rotatable bonds is 4. The number of benzene rings is 1. The first-order chi connectivity index (χ1) is 9.49. The second kappa shape index (κ2) is 6.17. The van der Waals surface area contributed by atoms with Gasteiger partial charge in [0.2, 0.25) is 5.91 Å². The molecular formula is C14H18FN3OS. The molecule has 0 radical (unpaired) electrons. The number of halogens is 1. The molecule has 1 amide bonds. The van der Waals surface area contributed by atoms with Crippen molar-refractivity contribution >= 4 is 28.8 Å². The summed E-state index contributed by atoms with van der Waals surface area (Å²) in [6, 6.07) is 4.84. The van der Waals surface area contributed by atoms with E-state index in [1.54, 1.807) is 6.07 Å². The summed E-state index contributed by atoms with van der Waals surface area (Å²) < 4.78 is 13.8. The first-order valence-corrected chi connectivity index (χ1v) is 7.01. The molecule has 1 heterocycles. The van der Waals surface area contributed by atoms with Gasteiger partial charge >= 0.3 is 0 Å². The highest BCUT2D eigenvalue weighted by Gasteiger charge is 2.23. The van der Waals surface area contributed by atoms with E-state index in [-0.39, 0.29) is 10.9 Å². The quantitative estimate of drug-likeness (QED) is 0.827. The van der Waals surface area contributed by atoms with Crippen molar-refractivity contribution in [1.29, 1.82) is 0 Å². The summed E-state index contributed by atoms with van der Waals surface area (Å²) in [5, 5.41) is 0. The summed E-state index contributed by atoms with van der Waals surface area (Å²) >= 11 is 4.94. The first-order valence-electron chi connectivity index (χ1n) is 6.60. The normalized spacial score (nSPS) is 16.1. The molecule has 1 aliphatic rings. The molecule has 1 aromatic rings. The van der Waals surface area contributed by atoms with Crippen LogP contribution in [0.25, 0.3) is 0 Å². The Hall–Kier alpha value is -1.69. The minimum absolute atomic E-state index is 0.0670. The van der Waals surface area contributed by atoms with Crippen LogP contribution in [0.2, 0.25) is 0 Å². The van der Waals surface area contributed by atoms with Gasteiger partial charge in [0, 0.05) is 25.2 Å². The Labute approximate surface area is 122 Å². The molecule has 4 nitrogen and oxygen atoms in total. The fourth-order valence-electron chi connectivity index (χ4n) is 2.68. The van der Waals surface area contributed by atoms with Gasteiger partial charge in [-0.1, -0.05) is 18.3 Å². The van der Waals surface area contributed by atoms with Crippen molar-refractivity contribution in [3.63, 3.8) is 0 Å². The second-order valence-corrected chi connectivity index (χ2v) is 5.54. The highest BCUT2D eigenvalue weighted by atomic mass is 32.1. The average molecular weight is 295 g/mol. The molecule has 20 heavy (non-hydrogen) atoms. The SMILES string of the molecule is NC(=O)CC1CCN(c2cccc(F)c2C(N)=S)CC1. The molecular weight excluding hydrogens is 277 g/mol. The first kappa shape index (κ1) is 14.7. The van der Waals surface area contributed by atoms with Crippen LogP contribution in [-0.2, 0) is 4.79 Å². The predicted molar refractivity (Wildman–Crippen MR) is 81.0 cm³/mol. The molecule has 0 atom stereocenters. The third-order valence-electron chi connectivity index (χ3n) is 3.68. The maximum Gasteiger partial charge on any atom is 0.217 e. The number of nitrogens with zero attached hydrogens (tertiary/aromatic N) is 1. The molecule has 0 unspecified atom stereocenters. The summed E-state index contributed by atoms with van der Waals surface area (Å²) in [5.41, 5.74) is 11.9. The third kappa shape index (κ3) is 3.25. The van der Waals surface area contributed by atoms with Crippen LogP contribution in [0.4, 0.5) is 10.1 Å². The fourth-order valence-corrected chi connectivity index (χ4v) is 2.88. The number of carbonyl (C=O) groups is 1. The van der Waals surface area contributed by atoms with E-state index in [9.17, 15) is 9.18 Å². The maximum atomic E-state index is 13.8. The van der Waals surface area contributed by atoms with Gasteiger partial charge in [0.05, 0.1) is 5.56 Å². The highest BCUT2D eigenvalue weighted by molar-refractivity contribution is 7.80. The summed E-state index contributed by atoms with van der Waals surface area (Å²) in [4.78, 5) is 13.1. The van der Waals surface area contributed by atoms with Gasteiger partial charge in [-0.05, 0) is 30.9 Å². The molecule has 6 heteroatoms. The molecule has 0 spiro atoms. The van der Waals surface area contributed by atoms with Crippen molar-refractivity contribution in [1.82, 2.24) is 0 Å². The number of carbonyl (C=O) groups excluding carboxylic acids is 1. The second-order valence-electron chi connectivity index (χ2n) is 5.10. The van der Waals surface area contributed by atoms with Crippen LogP contribution in [0.3, 0.4) is 0 Å².